The molecule has 1 unspecified atom stereocenters. The van der Waals surface area contributed by atoms with Crippen LogP contribution in [0.15, 0.2) is 24.3 Å². The third-order valence-electron chi connectivity index (χ3n) is 3.09. The Kier molecular flexibility index (Phi) is 3.91. The molecule has 0 spiro atoms. The van der Waals surface area contributed by atoms with E-state index in [0.717, 1.165) is 17.0 Å². The van der Waals surface area contributed by atoms with Gasteiger partial charge in [-0.1, -0.05) is 18.2 Å². The Labute approximate surface area is 110 Å². The maximum absolute atomic E-state index is 12.1. The number of carboxylic acid groups (broad SMARTS) is 1. The van der Waals surface area contributed by atoms with Gasteiger partial charge in [-0.3, -0.25) is 9.59 Å². The van der Waals surface area contributed by atoms with Crippen LogP contribution in [0, 0.1) is 0 Å². The number of hydrogen-bond acceptors (Lipinski definition) is 3. The van der Waals surface area contributed by atoms with Crippen molar-refractivity contribution in [3.8, 4) is 0 Å². The topological polar surface area (TPSA) is 57.6 Å². The van der Waals surface area contributed by atoms with Crippen molar-refractivity contribution in [3.63, 3.8) is 0 Å². The zero-order valence-corrected chi connectivity index (χ0v) is 10.9. The highest BCUT2D eigenvalue weighted by Gasteiger charge is 2.35. The summed E-state index contributed by atoms with van der Waals surface area (Å²) in [6, 6.07) is 7.24. The fourth-order valence-corrected chi connectivity index (χ4v) is 2.56. The lowest BCUT2D eigenvalue weighted by molar-refractivity contribution is -0.138. The van der Waals surface area contributed by atoms with Crippen LogP contribution in [0.3, 0.4) is 0 Å². The van der Waals surface area contributed by atoms with Gasteiger partial charge < -0.3 is 10.0 Å². The molecule has 4 nitrogen and oxygen atoms in total. The molecule has 2 rings (SSSR count). The number of carbonyl (C=O) groups is 2. The smallest absolute Gasteiger partial charge is 0.312 e. The highest BCUT2D eigenvalue weighted by Crippen LogP contribution is 2.36. The third kappa shape index (κ3) is 2.36. The van der Waals surface area contributed by atoms with E-state index in [1.165, 1.54) is 0 Å². The maximum Gasteiger partial charge on any atom is 0.312 e. The Morgan fingerprint density at radius 2 is 2.17 bits per heavy atom. The molecule has 1 atom stereocenters. The predicted molar refractivity (Wildman–Crippen MR) is 72.2 cm³/mol. The van der Waals surface area contributed by atoms with Gasteiger partial charge in [0.15, 0.2) is 0 Å². The lowest BCUT2D eigenvalue weighted by Gasteiger charge is -2.17. The molecule has 1 aromatic carbocycles. The molecule has 1 aliphatic rings. The first-order valence-corrected chi connectivity index (χ1v) is 7.15. The molecule has 0 aromatic heterocycles. The number of carbonyl (C=O) groups excluding carboxylic acids is 1. The number of anilines is 1. The number of carboxylic acids is 1. The van der Waals surface area contributed by atoms with E-state index in [2.05, 4.69) is 0 Å². The molecule has 5 heteroatoms. The highest BCUT2D eigenvalue weighted by molar-refractivity contribution is 7.98. The summed E-state index contributed by atoms with van der Waals surface area (Å²) in [6.07, 6.45) is 2.40. The number of benzene rings is 1. The number of fused-ring (bicyclic) bond motifs is 1. The first kappa shape index (κ1) is 13.0. The third-order valence-corrected chi connectivity index (χ3v) is 3.70. The van der Waals surface area contributed by atoms with Crippen LogP contribution in [0.4, 0.5) is 5.69 Å². The van der Waals surface area contributed by atoms with Crippen LogP contribution in [0.5, 0.6) is 0 Å². The molecular weight excluding hydrogens is 250 g/mol. The predicted octanol–water partition coefficient (Wildman–Crippen LogP) is 1.95. The molecule has 0 aliphatic carbocycles. The van der Waals surface area contributed by atoms with Gasteiger partial charge in [0, 0.05) is 24.4 Å². The molecule has 1 N–H and O–H groups in total. The molecule has 0 saturated heterocycles. The van der Waals surface area contributed by atoms with Gasteiger partial charge >= 0.3 is 5.97 Å². The van der Waals surface area contributed by atoms with Crippen LogP contribution in [-0.2, 0) is 9.59 Å². The van der Waals surface area contributed by atoms with Crippen molar-refractivity contribution in [1.29, 1.82) is 0 Å². The van der Waals surface area contributed by atoms with Crippen LogP contribution < -0.4 is 4.90 Å². The van der Waals surface area contributed by atoms with Gasteiger partial charge in [0.2, 0.25) is 5.91 Å². The van der Waals surface area contributed by atoms with Gasteiger partial charge in [0.05, 0.1) is 0 Å². The molecular formula is C13H15NO3S. The van der Waals surface area contributed by atoms with E-state index in [-0.39, 0.29) is 12.5 Å². The fraction of sp³-hybridized carbons (Fsp3) is 0.385. The molecule has 1 amide bonds. The largest absolute Gasteiger partial charge is 0.481 e. The van der Waals surface area contributed by atoms with Crippen LogP contribution in [0.2, 0.25) is 0 Å². The molecule has 0 bridgehead atoms. The molecule has 0 fully saturated rings. The lowest BCUT2D eigenvalue weighted by atomic mass is 10.0. The summed E-state index contributed by atoms with van der Waals surface area (Å²) in [5, 5.41) is 9.19. The van der Waals surface area contributed by atoms with E-state index in [1.54, 1.807) is 22.7 Å². The van der Waals surface area contributed by atoms with E-state index in [9.17, 15) is 14.7 Å². The SMILES string of the molecule is CSCCC(=O)N1CC(C(=O)O)c2ccccc21. The van der Waals surface area contributed by atoms with E-state index in [0.29, 0.717) is 6.42 Å². The first-order chi connectivity index (χ1) is 8.65. The molecule has 96 valence electrons. The number of nitrogens with zero attached hydrogens (tertiary/aromatic N) is 1. The Morgan fingerprint density at radius 1 is 1.44 bits per heavy atom. The van der Waals surface area contributed by atoms with Crippen LogP contribution in [0.25, 0.3) is 0 Å². The number of hydrogen-bond donors (Lipinski definition) is 1. The average molecular weight is 265 g/mol. The number of thioether (sulfide) groups is 1. The summed E-state index contributed by atoms with van der Waals surface area (Å²) in [4.78, 5) is 24.9. The van der Waals surface area contributed by atoms with Crippen molar-refractivity contribution in [3.05, 3.63) is 29.8 Å². The van der Waals surface area contributed by atoms with Crippen molar-refractivity contribution >= 4 is 29.3 Å². The minimum atomic E-state index is -0.873. The Morgan fingerprint density at radius 3 is 2.83 bits per heavy atom. The molecule has 0 saturated carbocycles. The number of amides is 1. The zero-order valence-electron chi connectivity index (χ0n) is 10.1. The van der Waals surface area contributed by atoms with Crippen molar-refractivity contribution < 1.29 is 14.7 Å². The van der Waals surface area contributed by atoms with Gasteiger partial charge in [0.25, 0.3) is 0 Å². The average Bonchev–Trinajstić information content (AvgIpc) is 2.75. The molecule has 1 aliphatic heterocycles. The minimum absolute atomic E-state index is 0.000509. The van der Waals surface area contributed by atoms with E-state index in [1.807, 2.05) is 24.5 Å². The van der Waals surface area contributed by atoms with Gasteiger partial charge in [-0.15, -0.1) is 0 Å². The monoisotopic (exact) mass is 265 g/mol. The van der Waals surface area contributed by atoms with Gasteiger partial charge in [0.1, 0.15) is 5.92 Å². The van der Waals surface area contributed by atoms with E-state index >= 15 is 0 Å². The van der Waals surface area contributed by atoms with Crippen LogP contribution in [-0.4, -0.2) is 35.5 Å². The van der Waals surface area contributed by atoms with Gasteiger partial charge in [-0.2, -0.15) is 11.8 Å². The minimum Gasteiger partial charge on any atom is -0.481 e. The molecule has 1 heterocycles. The Bertz CT molecular complexity index is 475. The Hall–Kier alpha value is -1.49. The second-order valence-corrected chi connectivity index (χ2v) is 5.18. The number of para-hydroxylation sites is 1. The van der Waals surface area contributed by atoms with Gasteiger partial charge in [-0.05, 0) is 17.9 Å². The first-order valence-electron chi connectivity index (χ1n) is 5.76. The Balaban J connectivity index is 2.25. The van der Waals surface area contributed by atoms with Crippen molar-refractivity contribution in [2.45, 2.75) is 12.3 Å². The van der Waals surface area contributed by atoms with Crippen LogP contribution >= 0.6 is 11.8 Å². The summed E-state index contributed by atoms with van der Waals surface area (Å²) < 4.78 is 0. The van der Waals surface area contributed by atoms with Crippen LogP contribution in [0.1, 0.15) is 17.9 Å². The number of rotatable bonds is 4. The summed E-state index contributed by atoms with van der Waals surface area (Å²) >= 11 is 1.61. The quantitative estimate of drug-likeness (QED) is 0.904. The van der Waals surface area contributed by atoms with Crippen molar-refractivity contribution in [2.24, 2.45) is 0 Å². The maximum atomic E-state index is 12.1. The lowest BCUT2D eigenvalue weighted by Crippen LogP contribution is -2.31. The summed E-state index contributed by atoms with van der Waals surface area (Å²) in [6.45, 7) is 0.252. The standard InChI is InChI=1S/C13H15NO3S/c1-18-7-6-12(15)14-8-10(13(16)17)9-4-2-3-5-11(9)14/h2-5,10H,6-8H2,1H3,(H,16,17). The van der Waals surface area contributed by atoms with Gasteiger partial charge in [-0.25, -0.2) is 0 Å². The number of aliphatic carboxylic acids is 1. The van der Waals surface area contributed by atoms with Crippen molar-refractivity contribution in [1.82, 2.24) is 0 Å². The van der Waals surface area contributed by atoms with Crippen molar-refractivity contribution in [2.75, 3.05) is 23.5 Å². The zero-order chi connectivity index (χ0) is 13.1. The molecule has 1 aromatic rings. The van der Waals surface area contributed by atoms with E-state index < -0.39 is 11.9 Å². The summed E-state index contributed by atoms with van der Waals surface area (Å²) in [5.41, 5.74) is 1.48. The summed E-state index contributed by atoms with van der Waals surface area (Å²) in [7, 11) is 0. The fourth-order valence-electron chi connectivity index (χ4n) is 2.18. The second kappa shape index (κ2) is 5.44. The molecule has 18 heavy (non-hydrogen) atoms. The highest BCUT2D eigenvalue weighted by atomic mass is 32.2. The molecule has 0 radical (unpaired) electrons. The van der Waals surface area contributed by atoms with E-state index in [4.69, 9.17) is 0 Å². The summed E-state index contributed by atoms with van der Waals surface area (Å²) in [5.74, 6) is -0.711. The second-order valence-electron chi connectivity index (χ2n) is 4.20. The normalized spacial score (nSPS) is 17.6.